The highest BCUT2D eigenvalue weighted by Gasteiger charge is 2.08. The smallest absolute Gasteiger partial charge is 0.138 e. The molecule has 3 heteroatoms. The van der Waals surface area contributed by atoms with Crippen LogP contribution < -0.4 is 5.73 Å². The SMILES string of the molecule is NCc1cc(-c2ccccc2)cc(Cl)c1O. The summed E-state index contributed by atoms with van der Waals surface area (Å²) in [4.78, 5) is 0. The highest BCUT2D eigenvalue weighted by molar-refractivity contribution is 6.32. The third-order valence-corrected chi connectivity index (χ3v) is 2.76. The van der Waals surface area contributed by atoms with Crippen LogP contribution in [-0.4, -0.2) is 5.11 Å². The van der Waals surface area contributed by atoms with Gasteiger partial charge < -0.3 is 10.8 Å². The van der Waals surface area contributed by atoms with Crippen LogP contribution in [0.25, 0.3) is 11.1 Å². The molecule has 0 saturated carbocycles. The van der Waals surface area contributed by atoms with Crippen LogP contribution >= 0.6 is 11.6 Å². The monoisotopic (exact) mass is 233 g/mol. The number of benzene rings is 2. The molecule has 0 aliphatic heterocycles. The van der Waals surface area contributed by atoms with Crippen molar-refractivity contribution >= 4 is 11.6 Å². The van der Waals surface area contributed by atoms with Gasteiger partial charge in [-0.3, -0.25) is 0 Å². The van der Waals surface area contributed by atoms with E-state index in [1.165, 1.54) is 0 Å². The van der Waals surface area contributed by atoms with Crippen LogP contribution in [0.5, 0.6) is 5.75 Å². The molecule has 0 aromatic heterocycles. The summed E-state index contributed by atoms with van der Waals surface area (Å²) in [5.41, 5.74) is 8.22. The second-order valence-corrected chi connectivity index (χ2v) is 3.94. The molecular formula is C13H12ClNO. The van der Waals surface area contributed by atoms with Crippen molar-refractivity contribution in [2.45, 2.75) is 6.54 Å². The minimum Gasteiger partial charge on any atom is -0.506 e. The molecule has 0 aliphatic carbocycles. The van der Waals surface area contributed by atoms with E-state index in [1.807, 2.05) is 36.4 Å². The fraction of sp³-hybridized carbons (Fsp3) is 0.0769. The van der Waals surface area contributed by atoms with Gasteiger partial charge in [0.05, 0.1) is 5.02 Å². The second-order valence-electron chi connectivity index (χ2n) is 3.54. The minimum absolute atomic E-state index is 0.0730. The highest BCUT2D eigenvalue weighted by atomic mass is 35.5. The predicted octanol–water partition coefficient (Wildman–Crippen LogP) is 3.17. The Morgan fingerprint density at radius 2 is 1.75 bits per heavy atom. The Bertz CT molecular complexity index is 497. The van der Waals surface area contributed by atoms with Gasteiger partial charge in [0.25, 0.3) is 0 Å². The Hall–Kier alpha value is -1.51. The molecule has 0 aliphatic rings. The molecule has 0 fully saturated rings. The molecule has 0 radical (unpaired) electrons. The van der Waals surface area contributed by atoms with E-state index in [1.54, 1.807) is 6.07 Å². The van der Waals surface area contributed by atoms with Crippen molar-refractivity contribution in [3.8, 4) is 16.9 Å². The maximum atomic E-state index is 9.66. The fourth-order valence-corrected chi connectivity index (χ4v) is 1.85. The Morgan fingerprint density at radius 3 is 2.38 bits per heavy atom. The van der Waals surface area contributed by atoms with Crippen LogP contribution in [0.15, 0.2) is 42.5 Å². The fourth-order valence-electron chi connectivity index (χ4n) is 1.61. The summed E-state index contributed by atoms with van der Waals surface area (Å²) in [5, 5.41) is 9.99. The first kappa shape index (κ1) is 11.0. The lowest BCUT2D eigenvalue weighted by Gasteiger charge is -2.08. The lowest BCUT2D eigenvalue weighted by Crippen LogP contribution is -1.97. The Labute approximate surface area is 99.3 Å². The summed E-state index contributed by atoms with van der Waals surface area (Å²) in [6.45, 7) is 0.270. The Morgan fingerprint density at radius 1 is 1.06 bits per heavy atom. The van der Waals surface area contributed by atoms with Crippen LogP contribution in [0.4, 0.5) is 0 Å². The zero-order chi connectivity index (χ0) is 11.5. The van der Waals surface area contributed by atoms with Gasteiger partial charge in [-0.25, -0.2) is 0 Å². The molecule has 0 atom stereocenters. The summed E-state index contributed by atoms with van der Waals surface area (Å²) in [6.07, 6.45) is 0. The van der Waals surface area contributed by atoms with Crippen LogP contribution in [0, 0.1) is 0 Å². The molecule has 2 aromatic carbocycles. The van der Waals surface area contributed by atoms with Gasteiger partial charge in [0.2, 0.25) is 0 Å². The van der Waals surface area contributed by atoms with E-state index in [9.17, 15) is 5.11 Å². The van der Waals surface area contributed by atoms with Crippen molar-refractivity contribution < 1.29 is 5.11 Å². The largest absolute Gasteiger partial charge is 0.506 e. The zero-order valence-electron chi connectivity index (χ0n) is 8.65. The number of rotatable bonds is 2. The summed E-state index contributed by atoms with van der Waals surface area (Å²) >= 11 is 5.94. The first-order valence-corrected chi connectivity index (χ1v) is 5.37. The van der Waals surface area contributed by atoms with Crippen LogP contribution in [0.3, 0.4) is 0 Å². The number of nitrogens with two attached hydrogens (primary N) is 1. The third kappa shape index (κ3) is 2.03. The summed E-state index contributed by atoms with van der Waals surface area (Å²) in [6, 6.07) is 13.4. The Balaban J connectivity index is 2.55. The van der Waals surface area contributed by atoms with Crippen molar-refractivity contribution in [2.24, 2.45) is 5.73 Å². The molecule has 2 aromatic rings. The van der Waals surface area contributed by atoms with Gasteiger partial charge in [0.1, 0.15) is 5.75 Å². The van der Waals surface area contributed by atoms with E-state index in [2.05, 4.69) is 0 Å². The third-order valence-electron chi connectivity index (χ3n) is 2.47. The number of phenolic OH excluding ortho intramolecular Hbond substituents is 1. The van der Waals surface area contributed by atoms with Crippen LogP contribution in [0.1, 0.15) is 5.56 Å². The number of halogens is 1. The molecule has 82 valence electrons. The standard InChI is InChI=1S/C13H12ClNO/c14-12-7-10(6-11(8-15)13(12)16)9-4-2-1-3-5-9/h1-7,16H,8,15H2. The minimum atomic E-state index is 0.0730. The molecule has 2 nitrogen and oxygen atoms in total. The van der Waals surface area contributed by atoms with Gasteiger partial charge in [-0.1, -0.05) is 41.9 Å². The summed E-state index contributed by atoms with van der Waals surface area (Å²) in [7, 11) is 0. The van der Waals surface area contributed by atoms with E-state index in [0.717, 1.165) is 11.1 Å². The molecule has 0 spiro atoms. The van der Waals surface area contributed by atoms with Gasteiger partial charge in [-0.2, -0.15) is 0 Å². The van der Waals surface area contributed by atoms with Crippen molar-refractivity contribution in [1.29, 1.82) is 0 Å². The molecular weight excluding hydrogens is 222 g/mol. The number of aromatic hydroxyl groups is 1. The first-order chi connectivity index (χ1) is 7.72. The molecule has 0 amide bonds. The average molecular weight is 234 g/mol. The van der Waals surface area contributed by atoms with E-state index < -0.39 is 0 Å². The van der Waals surface area contributed by atoms with Gasteiger partial charge in [0.15, 0.2) is 0 Å². The van der Waals surface area contributed by atoms with Crippen molar-refractivity contribution in [3.05, 3.63) is 53.1 Å². The van der Waals surface area contributed by atoms with Crippen molar-refractivity contribution in [1.82, 2.24) is 0 Å². The van der Waals surface area contributed by atoms with Crippen LogP contribution in [0.2, 0.25) is 5.02 Å². The van der Waals surface area contributed by atoms with Gasteiger partial charge in [-0.15, -0.1) is 0 Å². The normalized spacial score (nSPS) is 10.4. The van der Waals surface area contributed by atoms with Crippen molar-refractivity contribution in [2.75, 3.05) is 0 Å². The Kier molecular flexibility index (Phi) is 3.13. The van der Waals surface area contributed by atoms with E-state index in [4.69, 9.17) is 17.3 Å². The molecule has 0 heterocycles. The van der Waals surface area contributed by atoms with Crippen LogP contribution in [-0.2, 0) is 6.54 Å². The predicted molar refractivity (Wildman–Crippen MR) is 66.4 cm³/mol. The van der Waals surface area contributed by atoms with Gasteiger partial charge in [-0.05, 0) is 23.3 Å². The van der Waals surface area contributed by atoms with E-state index in [0.29, 0.717) is 10.6 Å². The highest BCUT2D eigenvalue weighted by Crippen LogP contribution is 2.33. The molecule has 3 N–H and O–H groups in total. The zero-order valence-corrected chi connectivity index (χ0v) is 9.41. The van der Waals surface area contributed by atoms with E-state index >= 15 is 0 Å². The second kappa shape index (κ2) is 4.56. The maximum Gasteiger partial charge on any atom is 0.138 e. The topological polar surface area (TPSA) is 46.2 Å². The lowest BCUT2D eigenvalue weighted by atomic mass is 10.0. The molecule has 2 rings (SSSR count). The first-order valence-electron chi connectivity index (χ1n) is 4.99. The molecule has 0 saturated heterocycles. The number of hydrogen-bond acceptors (Lipinski definition) is 2. The molecule has 0 bridgehead atoms. The maximum absolute atomic E-state index is 9.66. The lowest BCUT2D eigenvalue weighted by molar-refractivity contribution is 0.469. The summed E-state index contributed by atoms with van der Waals surface area (Å²) in [5.74, 6) is 0.0730. The van der Waals surface area contributed by atoms with Crippen molar-refractivity contribution in [3.63, 3.8) is 0 Å². The van der Waals surface area contributed by atoms with E-state index in [-0.39, 0.29) is 12.3 Å². The van der Waals surface area contributed by atoms with Gasteiger partial charge >= 0.3 is 0 Å². The average Bonchev–Trinajstić information content (AvgIpc) is 2.33. The van der Waals surface area contributed by atoms with Gasteiger partial charge in [0, 0.05) is 12.1 Å². The number of phenols is 1. The quantitative estimate of drug-likeness (QED) is 0.837. The molecule has 0 unspecified atom stereocenters. The molecule has 16 heavy (non-hydrogen) atoms. The number of hydrogen-bond donors (Lipinski definition) is 2. The summed E-state index contributed by atoms with van der Waals surface area (Å²) < 4.78 is 0.